The van der Waals surface area contributed by atoms with Gasteiger partial charge in [0.1, 0.15) is 12.0 Å². The van der Waals surface area contributed by atoms with Crippen LogP contribution in [0, 0.1) is 12.3 Å². The molecule has 3 rings (SSSR count). The number of aliphatic imine (C=N–C) groups is 1. The molecule has 0 amide bonds. The normalized spacial score (nSPS) is 16.2. The van der Waals surface area contributed by atoms with Crippen molar-refractivity contribution < 1.29 is 9.15 Å². The molecule has 6 heteroatoms. The van der Waals surface area contributed by atoms with Gasteiger partial charge in [-0.2, -0.15) is 0 Å². The zero-order chi connectivity index (χ0) is 20.5. The van der Waals surface area contributed by atoms with E-state index in [-0.39, 0.29) is 0 Å². The van der Waals surface area contributed by atoms with Crippen molar-refractivity contribution in [2.45, 2.75) is 52.5 Å². The molecule has 0 radical (unpaired) electrons. The lowest BCUT2D eigenvalue weighted by atomic mass is 9.83. The molecule has 29 heavy (non-hydrogen) atoms. The minimum Gasteiger partial charge on any atom is -0.444 e. The average molecular weight is 399 g/mol. The van der Waals surface area contributed by atoms with Gasteiger partial charge in [-0.15, -0.1) is 0 Å². The molecule has 0 unspecified atom stereocenters. The molecule has 1 aromatic heterocycles. The number of hydrogen-bond acceptors (Lipinski definition) is 4. The predicted molar refractivity (Wildman–Crippen MR) is 117 cm³/mol. The van der Waals surface area contributed by atoms with Crippen LogP contribution in [0.15, 0.2) is 39.9 Å². The zero-order valence-electron chi connectivity index (χ0n) is 18.0. The third kappa shape index (κ3) is 6.07. The van der Waals surface area contributed by atoms with Gasteiger partial charge in [0.2, 0.25) is 5.89 Å². The molecule has 6 nitrogen and oxygen atoms in total. The van der Waals surface area contributed by atoms with E-state index in [1.807, 2.05) is 12.1 Å². The summed E-state index contributed by atoms with van der Waals surface area (Å²) in [7, 11) is 1.78. The third-order valence-corrected chi connectivity index (χ3v) is 5.73. The molecule has 1 aliphatic carbocycles. The molecule has 2 N–H and O–H groups in total. The Kier molecular flexibility index (Phi) is 7.69. The fourth-order valence-corrected chi connectivity index (χ4v) is 3.94. The summed E-state index contributed by atoms with van der Waals surface area (Å²) in [6.45, 7) is 7.20. The van der Waals surface area contributed by atoms with Gasteiger partial charge in [-0.05, 0) is 50.7 Å². The first-order chi connectivity index (χ1) is 14.1. The quantitative estimate of drug-likeness (QED) is 0.487. The Bertz CT molecular complexity index is 776. The number of guanidine groups is 1. The van der Waals surface area contributed by atoms with Crippen LogP contribution >= 0.6 is 0 Å². The highest BCUT2D eigenvalue weighted by Gasteiger charge is 2.33. The molecule has 1 aliphatic rings. The van der Waals surface area contributed by atoms with Crippen molar-refractivity contribution in [1.82, 2.24) is 15.6 Å². The van der Waals surface area contributed by atoms with E-state index in [0.717, 1.165) is 43.3 Å². The Hall–Kier alpha value is -2.34. The lowest BCUT2D eigenvalue weighted by molar-refractivity contribution is 0.138. The zero-order valence-corrected chi connectivity index (χ0v) is 18.0. The van der Waals surface area contributed by atoms with E-state index >= 15 is 0 Å². The fraction of sp³-hybridized carbons (Fsp3) is 0.565. The number of nitrogens with one attached hydrogen (secondary N) is 2. The number of benzene rings is 1. The number of oxazole rings is 1. The highest BCUT2D eigenvalue weighted by atomic mass is 16.5. The van der Waals surface area contributed by atoms with Gasteiger partial charge >= 0.3 is 0 Å². The van der Waals surface area contributed by atoms with Gasteiger partial charge in [-0.3, -0.25) is 0 Å². The molecule has 1 fully saturated rings. The minimum atomic E-state index is 0.318. The smallest absolute Gasteiger partial charge is 0.226 e. The molecule has 0 atom stereocenters. The second-order valence-corrected chi connectivity index (χ2v) is 8.01. The SMILES string of the molecule is CCNC(=NCc1coc(-c2ccc(C)cc2)n1)NCC1(CCOC)CCCC1. The van der Waals surface area contributed by atoms with Crippen LogP contribution in [0.5, 0.6) is 0 Å². The van der Waals surface area contributed by atoms with Gasteiger partial charge < -0.3 is 19.8 Å². The van der Waals surface area contributed by atoms with Crippen molar-refractivity contribution in [3.8, 4) is 11.5 Å². The van der Waals surface area contributed by atoms with Crippen LogP contribution in [0.2, 0.25) is 0 Å². The topological polar surface area (TPSA) is 71.7 Å². The van der Waals surface area contributed by atoms with Gasteiger partial charge in [0.05, 0.1) is 6.54 Å². The summed E-state index contributed by atoms with van der Waals surface area (Å²) in [6.07, 6.45) is 7.91. The highest BCUT2D eigenvalue weighted by molar-refractivity contribution is 5.79. The molecular formula is C23H34N4O2. The lowest BCUT2D eigenvalue weighted by Gasteiger charge is -2.29. The van der Waals surface area contributed by atoms with Crippen LogP contribution in [-0.2, 0) is 11.3 Å². The Balaban J connectivity index is 1.61. The lowest BCUT2D eigenvalue weighted by Crippen LogP contribution is -2.43. The maximum atomic E-state index is 5.65. The maximum Gasteiger partial charge on any atom is 0.226 e. The van der Waals surface area contributed by atoms with Crippen LogP contribution in [0.4, 0.5) is 0 Å². The van der Waals surface area contributed by atoms with Gasteiger partial charge in [0, 0.05) is 32.4 Å². The average Bonchev–Trinajstić information content (AvgIpc) is 3.39. The van der Waals surface area contributed by atoms with E-state index in [1.165, 1.54) is 31.2 Å². The molecule has 158 valence electrons. The van der Waals surface area contributed by atoms with E-state index < -0.39 is 0 Å². The van der Waals surface area contributed by atoms with Crippen LogP contribution in [-0.4, -0.2) is 37.7 Å². The Morgan fingerprint density at radius 1 is 1.21 bits per heavy atom. The number of aromatic nitrogens is 1. The number of nitrogens with zero attached hydrogens (tertiary/aromatic N) is 2. The van der Waals surface area contributed by atoms with Crippen molar-refractivity contribution in [3.05, 3.63) is 41.8 Å². The fourth-order valence-electron chi connectivity index (χ4n) is 3.94. The number of aryl methyl sites for hydroxylation is 1. The van der Waals surface area contributed by atoms with Crippen molar-refractivity contribution >= 4 is 5.96 Å². The van der Waals surface area contributed by atoms with Crippen molar-refractivity contribution in [2.24, 2.45) is 10.4 Å². The molecule has 1 saturated carbocycles. The molecular weight excluding hydrogens is 364 g/mol. The van der Waals surface area contributed by atoms with E-state index in [4.69, 9.17) is 14.1 Å². The highest BCUT2D eigenvalue weighted by Crippen LogP contribution is 2.40. The summed E-state index contributed by atoms with van der Waals surface area (Å²) in [5.74, 6) is 1.47. The molecule has 1 aromatic carbocycles. The van der Waals surface area contributed by atoms with Crippen LogP contribution < -0.4 is 10.6 Å². The number of hydrogen-bond donors (Lipinski definition) is 2. The molecule has 1 heterocycles. The third-order valence-electron chi connectivity index (χ3n) is 5.73. The van der Waals surface area contributed by atoms with Crippen molar-refractivity contribution in [3.63, 3.8) is 0 Å². The van der Waals surface area contributed by atoms with Crippen LogP contribution in [0.1, 0.15) is 50.3 Å². The number of methoxy groups -OCH3 is 1. The van der Waals surface area contributed by atoms with Crippen molar-refractivity contribution in [1.29, 1.82) is 0 Å². The van der Waals surface area contributed by atoms with Gasteiger partial charge in [-0.1, -0.05) is 30.5 Å². The summed E-state index contributed by atoms with van der Waals surface area (Å²) in [4.78, 5) is 9.31. The van der Waals surface area contributed by atoms with Gasteiger partial charge in [0.15, 0.2) is 5.96 Å². The summed E-state index contributed by atoms with van der Waals surface area (Å²) < 4.78 is 11.0. The first-order valence-corrected chi connectivity index (χ1v) is 10.7. The van der Waals surface area contributed by atoms with E-state index in [2.05, 4.69) is 41.6 Å². The summed E-state index contributed by atoms with van der Waals surface area (Å²) in [6, 6.07) is 8.18. The molecule has 0 spiro atoms. The second kappa shape index (κ2) is 10.4. The number of rotatable bonds is 9. The van der Waals surface area contributed by atoms with Crippen LogP contribution in [0.25, 0.3) is 11.5 Å². The molecule has 0 bridgehead atoms. The molecule has 0 saturated heterocycles. The largest absolute Gasteiger partial charge is 0.444 e. The first-order valence-electron chi connectivity index (χ1n) is 10.7. The van der Waals surface area contributed by atoms with E-state index in [1.54, 1.807) is 13.4 Å². The van der Waals surface area contributed by atoms with Gasteiger partial charge in [0.25, 0.3) is 0 Å². The Labute approximate surface area is 174 Å². The first kappa shape index (κ1) is 21.4. The standard InChI is InChI=1S/C23H34N4O2/c1-4-24-22(26-17-23(13-14-28-3)11-5-6-12-23)25-15-20-16-29-21(27-20)19-9-7-18(2)8-10-19/h7-10,16H,4-6,11-15,17H2,1-3H3,(H2,24,25,26). The summed E-state index contributed by atoms with van der Waals surface area (Å²) in [5.41, 5.74) is 3.35. The van der Waals surface area contributed by atoms with E-state index in [0.29, 0.717) is 17.9 Å². The van der Waals surface area contributed by atoms with E-state index in [9.17, 15) is 0 Å². The second-order valence-electron chi connectivity index (χ2n) is 8.01. The monoisotopic (exact) mass is 398 g/mol. The summed E-state index contributed by atoms with van der Waals surface area (Å²) in [5, 5.41) is 6.90. The number of ether oxygens (including phenoxy) is 1. The van der Waals surface area contributed by atoms with Gasteiger partial charge in [-0.25, -0.2) is 9.98 Å². The Morgan fingerprint density at radius 3 is 2.66 bits per heavy atom. The maximum absolute atomic E-state index is 5.65. The molecule has 0 aliphatic heterocycles. The Morgan fingerprint density at radius 2 is 1.97 bits per heavy atom. The van der Waals surface area contributed by atoms with Crippen LogP contribution in [0.3, 0.4) is 0 Å². The predicted octanol–water partition coefficient (Wildman–Crippen LogP) is 4.30. The molecule has 2 aromatic rings. The summed E-state index contributed by atoms with van der Waals surface area (Å²) >= 11 is 0. The minimum absolute atomic E-state index is 0.318. The van der Waals surface area contributed by atoms with Crippen molar-refractivity contribution in [2.75, 3.05) is 26.8 Å².